The fourth-order valence-electron chi connectivity index (χ4n) is 2.92. The molecule has 0 saturated carbocycles. The summed E-state index contributed by atoms with van der Waals surface area (Å²) < 4.78 is 0. The third kappa shape index (κ3) is 3.20. The van der Waals surface area contributed by atoms with Gasteiger partial charge >= 0.3 is 0 Å². The Morgan fingerprint density at radius 2 is 1.09 bits per heavy atom. The quantitative estimate of drug-likeness (QED) is 0.640. The normalized spacial score (nSPS) is 12.3. The Morgan fingerprint density at radius 3 is 1.55 bits per heavy atom. The van der Waals surface area contributed by atoms with E-state index in [1.165, 1.54) is 21.5 Å². The van der Waals surface area contributed by atoms with Crippen molar-refractivity contribution in [3.8, 4) is 0 Å². The Hall–Kier alpha value is -2.12. The Bertz CT molecular complexity index is 662. The van der Waals surface area contributed by atoms with Crippen LogP contribution in [0.4, 0.5) is 0 Å². The highest BCUT2D eigenvalue weighted by Gasteiger charge is 2.24. The van der Waals surface area contributed by atoms with Gasteiger partial charge in [-0.3, -0.25) is 0 Å². The van der Waals surface area contributed by atoms with Gasteiger partial charge in [0, 0.05) is 0 Å². The summed E-state index contributed by atoms with van der Waals surface area (Å²) in [6.45, 7) is 4.52. The van der Waals surface area contributed by atoms with Crippen molar-refractivity contribution in [1.29, 1.82) is 0 Å². The molecular formula is C21H21Si. The van der Waals surface area contributed by atoms with Crippen LogP contribution in [0.25, 0.3) is 0 Å². The number of benzene rings is 3. The predicted octanol–water partition coefficient (Wildman–Crippen LogP) is 3.95. The molecule has 109 valence electrons. The standard InChI is InChI=1S/C21H21Si/c1-17-13-15-19(16-14-17)18(2)22(20-9-5-3-6-10-20)21-11-7-4-8-12-21/h3-16,18H,1-2H3. The molecule has 0 aliphatic rings. The maximum atomic E-state index is 2.37. The first-order chi connectivity index (χ1) is 10.8. The first kappa shape index (κ1) is 14.8. The van der Waals surface area contributed by atoms with Gasteiger partial charge in [-0.2, -0.15) is 0 Å². The molecule has 1 heteroatoms. The van der Waals surface area contributed by atoms with Crippen molar-refractivity contribution in [2.75, 3.05) is 0 Å². The first-order valence-electron chi connectivity index (χ1n) is 7.80. The van der Waals surface area contributed by atoms with Crippen molar-refractivity contribution in [2.24, 2.45) is 0 Å². The van der Waals surface area contributed by atoms with Gasteiger partial charge in [-0.1, -0.05) is 108 Å². The van der Waals surface area contributed by atoms with Gasteiger partial charge in [0.15, 0.2) is 0 Å². The molecule has 0 amide bonds. The van der Waals surface area contributed by atoms with Gasteiger partial charge in [0.25, 0.3) is 0 Å². The van der Waals surface area contributed by atoms with Crippen molar-refractivity contribution in [3.05, 3.63) is 96.1 Å². The molecule has 0 N–H and O–H groups in total. The third-order valence-corrected chi connectivity index (χ3v) is 7.29. The topological polar surface area (TPSA) is 0 Å². The number of rotatable bonds is 4. The van der Waals surface area contributed by atoms with Crippen LogP contribution in [-0.2, 0) is 0 Å². The molecule has 0 aliphatic heterocycles. The average molecular weight is 301 g/mol. The smallest absolute Gasteiger partial charge is 0.0628 e. The molecule has 3 aromatic rings. The zero-order chi connectivity index (χ0) is 15.4. The Morgan fingerprint density at radius 1 is 0.636 bits per heavy atom. The lowest BCUT2D eigenvalue weighted by atomic mass is 10.1. The average Bonchev–Trinajstić information content (AvgIpc) is 2.57. The minimum absolute atomic E-state index is 0.537. The van der Waals surface area contributed by atoms with Crippen LogP contribution in [0.15, 0.2) is 84.9 Å². The molecule has 0 aromatic heterocycles. The molecule has 0 fully saturated rings. The maximum Gasteiger partial charge on any atom is 0.128 e. The predicted molar refractivity (Wildman–Crippen MR) is 97.5 cm³/mol. The number of hydrogen-bond donors (Lipinski definition) is 0. The van der Waals surface area contributed by atoms with E-state index >= 15 is 0 Å². The summed E-state index contributed by atoms with van der Waals surface area (Å²) in [5.74, 6) is 0. The molecular weight excluding hydrogens is 280 g/mol. The Labute approximate surface area is 135 Å². The van der Waals surface area contributed by atoms with Crippen LogP contribution >= 0.6 is 0 Å². The van der Waals surface area contributed by atoms with E-state index in [1.54, 1.807) is 0 Å². The van der Waals surface area contributed by atoms with Crippen molar-refractivity contribution in [2.45, 2.75) is 19.4 Å². The third-order valence-electron chi connectivity index (χ3n) is 4.18. The maximum absolute atomic E-state index is 2.37. The molecule has 1 atom stereocenters. The van der Waals surface area contributed by atoms with Gasteiger partial charge in [-0.05, 0) is 18.0 Å². The molecule has 0 spiro atoms. The lowest BCUT2D eigenvalue weighted by Gasteiger charge is -2.23. The monoisotopic (exact) mass is 301 g/mol. The molecule has 3 rings (SSSR count). The summed E-state index contributed by atoms with van der Waals surface area (Å²) in [5.41, 5.74) is 3.30. The van der Waals surface area contributed by atoms with Gasteiger partial charge in [-0.15, -0.1) is 0 Å². The second kappa shape index (κ2) is 6.76. The minimum atomic E-state index is -0.842. The van der Waals surface area contributed by atoms with Crippen LogP contribution in [-0.4, -0.2) is 8.80 Å². The van der Waals surface area contributed by atoms with E-state index in [2.05, 4.69) is 98.8 Å². The van der Waals surface area contributed by atoms with E-state index < -0.39 is 8.80 Å². The van der Waals surface area contributed by atoms with Gasteiger partial charge in [0.05, 0.1) is 0 Å². The lowest BCUT2D eigenvalue weighted by molar-refractivity contribution is 1.06. The van der Waals surface area contributed by atoms with Crippen LogP contribution in [0.3, 0.4) is 0 Å². The van der Waals surface area contributed by atoms with Crippen LogP contribution in [0.5, 0.6) is 0 Å². The van der Waals surface area contributed by atoms with Gasteiger partial charge in [0.2, 0.25) is 0 Å². The molecule has 3 aromatic carbocycles. The zero-order valence-corrected chi connectivity index (χ0v) is 14.2. The highest BCUT2D eigenvalue weighted by atomic mass is 28.3. The van der Waals surface area contributed by atoms with Crippen molar-refractivity contribution < 1.29 is 0 Å². The van der Waals surface area contributed by atoms with Crippen LogP contribution in [0.1, 0.15) is 23.6 Å². The summed E-state index contributed by atoms with van der Waals surface area (Å²) in [7, 11) is -0.842. The molecule has 1 radical (unpaired) electrons. The SMILES string of the molecule is Cc1ccc(C(C)[Si](c2ccccc2)c2ccccc2)cc1. The van der Waals surface area contributed by atoms with Crippen molar-refractivity contribution in [3.63, 3.8) is 0 Å². The second-order valence-corrected chi connectivity index (χ2v) is 8.63. The molecule has 22 heavy (non-hydrogen) atoms. The van der Waals surface area contributed by atoms with E-state index in [1.807, 2.05) is 0 Å². The Balaban J connectivity index is 2.04. The Kier molecular flexibility index (Phi) is 4.55. The molecule has 0 aliphatic carbocycles. The highest BCUT2D eigenvalue weighted by molar-refractivity contribution is 6.86. The van der Waals surface area contributed by atoms with E-state index in [9.17, 15) is 0 Å². The minimum Gasteiger partial charge on any atom is -0.0628 e. The summed E-state index contributed by atoms with van der Waals surface area (Å²) in [6, 6.07) is 31.0. The van der Waals surface area contributed by atoms with Gasteiger partial charge in [0.1, 0.15) is 8.80 Å². The zero-order valence-electron chi connectivity index (χ0n) is 13.2. The molecule has 0 heterocycles. The second-order valence-electron chi connectivity index (χ2n) is 5.78. The van der Waals surface area contributed by atoms with Crippen molar-refractivity contribution in [1.82, 2.24) is 0 Å². The molecule has 0 bridgehead atoms. The summed E-state index contributed by atoms with van der Waals surface area (Å²) in [4.78, 5) is 0. The summed E-state index contributed by atoms with van der Waals surface area (Å²) in [6.07, 6.45) is 0. The van der Waals surface area contributed by atoms with E-state index in [-0.39, 0.29) is 0 Å². The van der Waals surface area contributed by atoms with Crippen LogP contribution in [0, 0.1) is 6.92 Å². The summed E-state index contributed by atoms with van der Waals surface area (Å²) in [5, 5.41) is 2.96. The number of aryl methyl sites for hydroxylation is 1. The summed E-state index contributed by atoms with van der Waals surface area (Å²) >= 11 is 0. The van der Waals surface area contributed by atoms with Crippen LogP contribution in [0.2, 0.25) is 0 Å². The molecule has 0 nitrogen and oxygen atoms in total. The largest absolute Gasteiger partial charge is 0.128 e. The lowest BCUT2D eigenvalue weighted by Crippen LogP contribution is -2.46. The van der Waals surface area contributed by atoms with Crippen molar-refractivity contribution >= 4 is 19.2 Å². The van der Waals surface area contributed by atoms with Crippen LogP contribution < -0.4 is 10.4 Å². The fourth-order valence-corrected chi connectivity index (χ4v) is 5.89. The van der Waals surface area contributed by atoms with Gasteiger partial charge in [-0.25, -0.2) is 0 Å². The van der Waals surface area contributed by atoms with E-state index in [4.69, 9.17) is 0 Å². The molecule has 0 saturated heterocycles. The molecule has 1 unspecified atom stereocenters. The highest BCUT2D eigenvalue weighted by Crippen LogP contribution is 2.19. The first-order valence-corrected chi connectivity index (χ1v) is 9.37. The number of hydrogen-bond acceptors (Lipinski definition) is 0. The van der Waals surface area contributed by atoms with E-state index in [0.29, 0.717) is 5.54 Å². The fraction of sp³-hybridized carbons (Fsp3) is 0.143. The van der Waals surface area contributed by atoms with E-state index in [0.717, 1.165) is 0 Å². The van der Waals surface area contributed by atoms with Gasteiger partial charge < -0.3 is 0 Å².